The van der Waals surface area contributed by atoms with Crippen molar-refractivity contribution < 1.29 is 14.3 Å². The molecule has 7 nitrogen and oxygen atoms in total. The molecule has 29 heavy (non-hydrogen) atoms. The normalized spacial score (nSPS) is 10.6. The Hall–Kier alpha value is -3.65. The van der Waals surface area contributed by atoms with Gasteiger partial charge in [-0.2, -0.15) is 9.78 Å². The van der Waals surface area contributed by atoms with E-state index in [1.165, 1.54) is 11.3 Å². The number of thiazole rings is 1. The van der Waals surface area contributed by atoms with Crippen molar-refractivity contribution in [2.45, 2.75) is 0 Å². The van der Waals surface area contributed by atoms with Crippen molar-refractivity contribution in [3.63, 3.8) is 0 Å². The van der Waals surface area contributed by atoms with Gasteiger partial charge in [-0.05, 0) is 48.5 Å². The molecule has 2 heterocycles. The Morgan fingerprint density at radius 1 is 0.931 bits per heavy atom. The molecule has 0 aliphatic carbocycles. The Morgan fingerprint density at radius 3 is 2.07 bits per heavy atom. The fourth-order valence-electron chi connectivity index (χ4n) is 2.85. The third kappa shape index (κ3) is 3.83. The van der Waals surface area contributed by atoms with E-state index >= 15 is 0 Å². The summed E-state index contributed by atoms with van der Waals surface area (Å²) in [6.45, 7) is 0. The van der Waals surface area contributed by atoms with Crippen LogP contribution in [0.5, 0.6) is 11.5 Å². The first-order valence-corrected chi connectivity index (χ1v) is 9.65. The number of amides is 1. The highest BCUT2D eigenvalue weighted by Gasteiger charge is 2.15. The van der Waals surface area contributed by atoms with E-state index in [2.05, 4.69) is 15.4 Å². The number of hydrogen-bond donors (Lipinski definition) is 1. The Morgan fingerprint density at radius 2 is 1.52 bits per heavy atom. The number of anilines is 1. The SMILES string of the molecule is COc1ccc(-c2csc(-n3nc(-c4ccc(OC)cc4)cc3NC=O)n2)cc1. The average Bonchev–Trinajstić information content (AvgIpc) is 3.41. The van der Waals surface area contributed by atoms with Gasteiger partial charge in [-0.3, -0.25) is 4.79 Å². The molecular weight excluding hydrogens is 388 g/mol. The summed E-state index contributed by atoms with van der Waals surface area (Å²) in [6.07, 6.45) is 0.628. The molecule has 0 saturated carbocycles. The molecule has 0 aliphatic rings. The molecule has 2 aromatic carbocycles. The minimum absolute atomic E-state index is 0.543. The predicted octanol–water partition coefficient (Wildman–Crippen LogP) is 4.25. The van der Waals surface area contributed by atoms with Gasteiger partial charge in [-0.15, -0.1) is 11.3 Å². The summed E-state index contributed by atoms with van der Waals surface area (Å²) in [4.78, 5) is 15.8. The summed E-state index contributed by atoms with van der Waals surface area (Å²) in [6, 6.07) is 17.1. The van der Waals surface area contributed by atoms with Gasteiger partial charge in [-0.1, -0.05) is 0 Å². The maximum atomic E-state index is 11.1. The third-order valence-electron chi connectivity index (χ3n) is 4.36. The van der Waals surface area contributed by atoms with E-state index in [1.807, 2.05) is 60.0 Å². The monoisotopic (exact) mass is 406 g/mol. The first-order chi connectivity index (χ1) is 14.2. The minimum atomic E-state index is 0.543. The Balaban J connectivity index is 1.69. The maximum absolute atomic E-state index is 11.1. The Bertz CT molecular complexity index is 1120. The molecule has 4 rings (SSSR count). The molecule has 8 heteroatoms. The van der Waals surface area contributed by atoms with E-state index in [9.17, 15) is 4.79 Å². The number of hydrogen-bond acceptors (Lipinski definition) is 6. The van der Waals surface area contributed by atoms with E-state index in [0.29, 0.717) is 17.4 Å². The minimum Gasteiger partial charge on any atom is -0.497 e. The first-order valence-electron chi connectivity index (χ1n) is 8.77. The summed E-state index contributed by atoms with van der Waals surface area (Å²) < 4.78 is 12.0. The summed E-state index contributed by atoms with van der Waals surface area (Å²) >= 11 is 1.44. The molecule has 0 unspecified atom stereocenters. The fraction of sp³-hybridized carbons (Fsp3) is 0.0952. The molecule has 0 saturated heterocycles. The third-order valence-corrected chi connectivity index (χ3v) is 5.18. The number of nitrogens with one attached hydrogen (secondary N) is 1. The molecule has 0 atom stereocenters. The molecular formula is C21H18N4O3S. The summed E-state index contributed by atoms with van der Waals surface area (Å²) in [7, 11) is 3.26. The van der Waals surface area contributed by atoms with Crippen LogP contribution in [-0.4, -0.2) is 35.4 Å². The highest BCUT2D eigenvalue weighted by atomic mass is 32.1. The summed E-state index contributed by atoms with van der Waals surface area (Å²) in [5.74, 6) is 2.10. The van der Waals surface area contributed by atoms with Gasteiger partial charge in [0.05, 0.1) is 25.6 Å². The smallest absolute Gasteiger partial charge is 0.212 e. The van der Waals surface area contributed by atoms with E-state index in [-0.39, 0.29) is 0 Å². The topological polar surface area (TPSA) is 78.3 Å². The van der Waals surface area contributed by atoms with Crippen LogP contribution in [0.3, 0.4) is 0 Å². The lowest BCUT2D eigenvalue weighted by atomic mass is 10.1. The van der Waals surface area contributed by atoms with Crippen LogP contribution in [0, 0.1) is 0 Å². The van der Waals surface area contributed by atoms with Crippen LogP contribution in [0.4, 0.5) is 5.82 Å². The molecule has 0 aliphatic heterocycles. The highest BCUT2D eigenvalue weighted by molar-refractivity contribution is 7.12. The number of methoxy groups -OCH3 is 2. The standard InChI is InChI=1S/C21H18N4O3S/c1-27-16-7-3-14(4-8-16)18-11-20(22-13-26)25(24-18)21-23-19(12-29-21)15-5-9-17(28-2)10-6-15/h3-13H,1-2H3,(H,22,26). The van der Waals surface area contributed by atoms with Gasteiger partial charge in [0.15, 0.2) is 0 Å². The fourth-order valence-corrected chi connectivity index (χ4v) is 3.64. The summed E-state index contributed by atoms with van der Waals surface area (Å²) in [5, 5.41) is 9.95. The van der Waals surface area contributed by atoms with Gasteiger partial charge in [0, 0.05) is 22.6 Å². The average molecular weight is 406 g/mol. The molecule has 0 radical (unpaired) electrons. The van der Waals surface area contributed by atoms with E-state index in [4.69, 9.17) is 9.47 Å². The number of ether oxygens (including phenoxy) is 2. The van der Waals surface area contributed by atoms with Crippen LogP contribution in [-0.2, 0) is 4.79 Å². The predicted molar refractivity (Wildman–Crippen MR) is 113 cm³/mol. The second-order valence-corrected chi connectivity index (χ2v) is 6.90. The van der Waals surface area contributed by atoms with Crippen molar-refractivity contribution >= 4 is 23.6 Å². The van der Waals surface area contributed by atoms with Gasteiger partial charge < -0.3 is 14.8 Å². The van der Waals surface area contributed by atoms with Gasteiger partial charge in [0.1, 0.15) is 17.3 Å². The molecule has 4 aromatic rings. The van der Waals surface area contributed by atoms with E-state index in [1.54, 1.807) is 18.9 Å². The van der Waals surface area contributed by atoms with E-state index in [0.717, 1.165) is 34.0 Å². The molecule has 2 aromatic heterocycles. The van der Waals surface area contributed by atoms with E-state index < -0.39 is 0 Å². The zero-order valence-corrected chi connectivity index (χ0v) is 16.6. The lowest BCUT2D eigenvalue weighted by molar-refractivity contribution is -0.105. The maximum Gasteiger partial charge on any atom is 0.212 e. The van der Waals surface area contributed by atoms with Crippen LogP contribution in [0.15, 0.2) is 60.0 Å². The van der Waals surface area contributed by atoms with Gasteiger partial charge in [0.2, 0.25) is 11.5 Å². The van der Waals surface area contributed by atoms with Crippen molar-refractivity contribution in [3.05, 3.63) is 60.0 Å². The van der Waals surface area contributed by atoms with Crippen LogP contribution in [0.25, 0.3) is 27.6 Å². The highest BCUT2D eigenvalue weighted by Crippen LogP contribution is 2.30. The number of carbonyl (C=O) groups excluding carboxylic acids is 1. The first kappa shape index (κ1) is 18.7. The van der Waals surface area contributed by atoms with Crippen molar-refractivity contribution in [2.24, 2.45) is 0 Å². The van der Waals surface area contributed by atoms with Gasteiger partial charge in [-0.25, -0.2) is 4.98 Å². The molecule has 146 valence electrons. The summed E-state index contributed by atoms with van der Waals surface area (Å²) in [5.41, 5.74) is 3.43. The lowest BCUT2D eigenvalue weighted by Gasteiger charge is -2.02. The zero-order valence-electron chi connectivity index (χ0n) is 15.8. The largest absolute Gasteiger partial charge is 0.497 e. The van der Waals surface area contributed by atoms with Crippen LogP contribution >= 0.6 is 11.3 Å². The van der Waals surface area contributed by atoms with Gasteiger partial charge >= 0.3 is 0 Å². The van der Waals surface area contributed by atoms with Crippen molar-refractivity contribution in [1.82, 2.24) is 14.8 Å². The lowest BCUT2D eigenvalue weighted by Crippen LogP contribution is -2.04. The van der Waals surface area contributed by atoms with Crippen molar-refractivity contribution in [1.29, 1.82) is 0 Å². The second kappa shape index (κ2) is 8.15. The number of nitrogens with zero attached hydrogens (tertiary/aromatic N) is 3. The zero-order chi connectivity index (χ0) is 20.2. The number of carbonyl (C=O) groups is 1. The van der Waals surface area contributed by atoms with Crippen LogP contribution in [0.2, 0.25) is 0 Å². The molecule has 0 fully saturated rings. The van der Waals surface area contributed by atoms with Crippen LogP contribution < -0.4 is 14.8 Å². The second-order valence-electron chi connectivity index (χ2n) is 6.06. The van der Waals surface area contributed by atoms with Gasteiger partial charge in [0.25, 0.3) is 0 Å². The quantitative estimate of drug-likeness (QED) is 0.464. The van der Waals surface area contributed by atoms with Crippen molar-refractivity contribution in [3.8, 4) is 39.1 Å². The Labute approximate surface area is 171 Å². The van der Waals surface area contributed by atoms with Crippen molar-refractivity contribution in [2.75, 3.05) is 19.5 Å². The number of rotatable bonds is 7. The molecule has 0 bridgehead atoms. The molecule has 1 amide bonds. The molecule has 0 spiro atoms. The molecule has 1 N–H and O–H groups in total. The number of benzene rings is 2. The Kier molecular flexibility index (Phi) is 5.26. The van der Waals surface area contributed by atoms with Crippen LogP contribution in [0.1, 0.15) is 0 Å². The number of aromatic nitrogens is 3.